The number of aliphatic carboxylic acids is 2. The van der Waals surface area contributed by atoms with Gasteiger partial charge in [0.2, 0.25) is 0 Å². The van der Waals surface area contributed by atoms with E-state index in [9.17, 15) is 9.59 Å². The van der Waals surface area contributed by atoms with Gasteiger partial charge in [-0.25, -0.2) is 0 Å². The highest BCUT2D eigenvalue weighted by atomic mass is 32.2. The number of carboxylic acid groups (broad SMARTS) is 2. The summed E-state index contributed by atoms with van der Waals surface area (Å²) in [4.78, 5) is 23.9. The second-order valence-electron chi connectivity index (χ2n) is 5.31. The summed E-state index contributed by atoms with van der Waals surface area (Å²) >= 11 is 2.48. The summed E-state index contributed by atoms with van der Waals surface area (Å²) in [6.07, 6.45) is 0. The predicted octanol–water partition coefficient (Wildman–Crippen LogP) is 3.60. The van der Waals surface area contributed by atoms with E-state index in [4.69, 9.17) is 10.2 Å². The van der Waals surface area contributed by atoms with Crippen molar-refractivity contribution < 1.29 is 19.8 Å². The average Bonchev–Trinajstić information content (AvgIpc) is 2.27. The lowest BCUT2D eigenvalue weighted by atomic mass is 10.2. The maximum Gasteiger partial charge on any atom is 0.319 e. The van der Waals surface area contributed by atoms with Gasteiger partial charge >= 0.3 is 11.9 Å². The lowest BCUT2D eigenvalue weighted by Crippen LogP contribution is -2.27. The van der Waals surface area contributed by atoms with Crippen molar-refractivity contribution in [1.82, 2.24) is 0 Å². The fraction of sp³-hybridized carbons (Fsp3) is 0.429. The van der Waals surface area contributed by atoms with Crippen LogP contribution in [0.2, 0.25) is 0 Å². The first-order valence-corrected chi connectivity index (χ1v) is 7.63. The lowest BCUT2D eigenvalue weighted by Gasteiger charge is -2.21. The van der Waals surface area contributed by atoms with E-state index in [0.717, 1.165) is 9.79 Å². The van der Waals surface area contributed by atoms with E-state index >= 15 is 0 Å². The van der Waals surface area contributed by atoms with Crippen LogP contribution in [0.15, 0.2) is 34.1 Å². The Kier molecular flexibility index (Phi) is 5.15. The predicted molar refractivity (Wildman–Crippen MR) is 81.6 cm³/mol. The van der Waals surface area contributed by atoms with Crippen LogP contribution in [0.5, 0.6) is 0 Å². The maximum absolute atomic E-state index is 11.1. The molecule has 0 fully saturated rings. The number of carboxylic acids is 2. The van der Waals surface area contributed by atoms with Crippen molar-refractivity contribution in [1.29, 1.82) is 0 Å². The van der Waals surface area contributed by atoms with Gasteiger partial charge in [0.15, 0.2) is 0 Å². The first-order chi connectivity index (χ1) is 9.04. The Morgan fingerprint density at radius 2 is 1.25 bits per heavy atom. The minimum atomic E-state index is -0.925. The molecule has 1 aromatic carbocycles. The third kappa shape index (κ3) is 4.45. The van der Waals surface area contributed by atoms with Crippen LogP contribution in [0.1, 0.15) is 27.7 Å². The SMILES string of the molecule is CC(C)(Sc1cccc(SC(C)(C)C(=O)O)c1)C(=O)O. The quantitative estimate of drug-likeness (QED) is 0.782. The Balaban J connectivity index is 2.92. The van der Waals surface area contributed by atoms with Crippen LogP contribution in [0, 0.1) is 0 Å². The van der Waals surface area contributed by atoms with Crippen LogP contribution >= 0.6 is 23.5 Å². The molecule has 2 N–H and O–H groups in total. The van der Waals surface area contributed by atoms with Crippen LogP contribution in [-0.2, 0) is 9.59 Å². The monoisotopic (exact) mass is 314 g/mol. The molecule has 0 radical (unpaired) electrons. The summed E-state index contributed by atoms with van der Waals surface area (Å²) < 4.78 is -1.85. The Labute approximate surface area is 127 Å². The van der Waals surface area contributed by atoms with Crippen LogP contribution < -0.4 is 0 Å². The summed E-state index contributed by atoms with van der Waals surface area (Å²) in [7, 11) is 0. The summed E-state index contributed by atoms with van der Waals surface area (Å²) in [6, 6.07) is 7.28. The molecule has 6 heteroatoms. The molecule has 0 aliphatic rings. The van der Waals surface area contributed by atoms with Crippen LogP contribution in [0.3, 0.4) is 0 Å². The maximum atomic E-state index is 11.1. The molecule has 1 rings (SSSR count). The molecule has 0 spiro atoms. The van der Waals surface area contributed by atoms with Gasteiger partial charge in [-0.1, -0.05) is 6.07 Å². The first-order valence-electron chi connectivity index (χ1n) is 5.99. The topological polar surface area (TPSA) is 74.6 Å². The Hall–Kier alpha value is -1.14. The number of carbonyl (C=O) groups is 2. The van der Waals surface area contributed by atoms with Gasteiger partial charge in [-0.15, -0.1) is 23.5 Å². The van der Waals surface area contributed by atoms with E-state index in [1.165, 1.54) is 23.5 Å². The van der Waals surface area contributed by atoms with Gasteiger partial charge in [-0.3, -0.25) is 9.59 Å². The first kappa shape index (κ1) is 16.9. The minimum Gasteiger partial charge on any atom is -0.480 e. The average molecular weight is 314 g/mol. The van der Waals surface area contributed by atoms with Gasteiger partial charge < -0.3 is 10.2 Å². The fourth-order valence-electron chi connectivity index (χ4n) is 1.28. The molecule has 0 bridgehead atoms. The normalized spacial score (nSPS) is 12.2. The molecule has 0 atom stereocenters. The van der Waals surface area contributed by atoms with Crippen molar-refractivity contribution in [2.75, 3.05) is 0 Å². The third-order valence-electron chi connectivity index (χ3n) is 2.58. The van der Waals surface area contributed by atoms with E-state index in [0.29, 0.717) is 0 Å². The largest absolute Gasteiger partial charge is 0.480 e. The van der Waals surface area contributed by atoms with E-state index in [2.05, 4.69) is 0 Å². The molecule has 0 amide bonds. The summed E-state index contributed by atoms with van der Waals surface area (Å²) in [5.41, 5.74) is 0. The molecular weight excluding hydrogens is 296 g/mol. The van der Waals surface area contributed by atoms with Crippen LogP contribution in [-0.4, -0.2) is 31.6 Å². The Morgan fingerprint density at radius 1 is 0.900 bits per heavy atom. The zero-order valence-electron chi connectivity index (χ0n) is 11.8. The molecule has 0 saturated heterocycles. The zero-order valence-corrected chi connectivity index (χ0v) is 13.5. The molecule has 0 heterocycles. The van der Waals surface area contributed by atoms with Crippen molar-refractivity contribution in [2.24, 2.45) is 0 Å². The van der Waals surface area contributed by atoms with Gasteiger partial charge in [-0.2, -0.15) is 0 Å². The van der Waals surface area contributed by atoms with E-state index in [1.807, 2.05) is 18.2 Å². The molecule has 20 heavy (non-hydrogen) atoms. The standard InChI is InChI=1S/C14H18O4S2/c1-13(2,11(15)16)19-9-6-5-7-10(8-9)20-14(3,4)12(17)18/h5-8H,1-4H3,(H,15,16)(H,17,18). The molecule has 0 unspecified atom stereocenters. The van der Waals surface area contributed by atoms with Gasteiger partial charge in [-0.05, 0) is 45.9 Å². The van der Waals surface area contributed by atoms with Crippen molar-refractivity contribution in [3.63, 3.8) is 0 Å². The Morgan fingerprint density at radius 3 is 1.55 bits per heavy atom. The van der Waals surface area contributed by atoms with Crippen LogP contribution in [0.4, 0.5) is 0 Å². The summed E-state index contributed by atoms with van der Waals surface area (Å²) in [6.45, 7) is 6.56. The minimum absolute atomic E-state index is 0.809. The van der Waals surface area contributed by atoms with Crippen LogP contribution in [0.25, 0.3) is 0 Å². The molecule has 4 nitrogen and oxygen atoms in total. The smallest absolute Gasteiger partial charge is 0.319 e. The van der Waals surface area contributed by atoms with E-state index in [1.54, 1.807) is 33.8 Å². The van der Waals surface area contributed by atoms with Crippen molar-refractivity contribution in [3.05, 3.63) is 24.3 Å². The van der Waals surface area contributed by atoms with E-state index in [-0.39, 0.29) is 0 Å². The summed E-state index contributed by atoms with van der Waals surface area (Å²) in [5, 5.41) is 18.3. The second kappa shape index (κ2) is 6.10. The zero-order chi connectivity index (χ0) is 15.6. The fourth-order valence-corrected chi connectivity index (χ4v) is 3.37. The molecule has 1 aromatic rings. The number of thioether (sulfide) groups is 2. The van der Waals surface area contributed by atoms with Gasteiger partial charge in [0.05, 0.1) is 0 Å². The Bertz CT molecular complexity index is 480. The molecule has 0 saturated carbocycles. The second-order valence-corrected chi connectivity index (χ2v) is 8.70. The lowest BCUT2D eigenvalue weighted by molar-refractivity contribution is -0.139. The summed E-state index contributed by atoms with van der Waals surface area (Å²) in [5.74, 6) is -1.77. The number of rotatable bonds is 6. The molecular formula is C14H18O4S2. The number of hydrogen-bond acceptors (Lipinski definition) is 4. The molecule has 0 aliphatic carbocycles. The van der Waals surface area contributed by atoms with Gasteiger partial charge in [0.25, 0.3) is 0 Å². The van der Waals surface area contributed by atoms with Crippen molar-refractivity contribution >= 4 is 35.5 Å². The van der Waals surface area contributed by atoms with Gasteiger partial charge in [0, 0.05) is 9.79 Å². The highest BCUT2D eigenvalue weighted by Crippen LogP contribution is 2.37. The van der Waals surface area contributed by atoms with Gasteiger partial charge in [0.1, 0.15) is 9.49 Å². The van der Waals surface area contributed by atoms with Crippen molar-refractivity contribution in [2.45, 2.75) is 47.0 Å². The van der Waals surface area contributed by atoms with E-state index < -0.39 is 21.4 Å². The highest BCUT2D eigenvalue weighted by Gasteiger charge is 2.30. The molecule has 0 aliphatic heterocycles. The number of benzene rings is 1. The molecule has 110 valence electrons. The third-order valence-corrected chi connectivity index (χ3v) is 4.93. The molecule has 0 aromatic heterocycles. The highest BCUT2D eigenvalue weighted by molar-refractivity contribution is 8.02. The van der Waals surface area contributed by atoms with Crippen molar-refractivity contribution in [3.8, 4) is 0 Å². The number of hydrogen-bond donors (Lipinski definition) is 2.